The average Bonchev–Trinajstić information content (AvgIpc) is 3.28. The quantitative estimate of drug-likeness (QED) is 0.487. The van der Waals surface area contributed by atoms with Gasteiger partial charge in [0.15, 0.2) is 0 Å². The number of halogens is 1. The van der Waals surface area contributed by atoms with Crippen molar-refractivity contribution in [2.75, 3.05) is 38.2 Å². The lowest BCUT2D eigenvalue weighted by Gasteiger charge is -2.35. The molecular formula is C22H21FN6O2. The van der Waals surface area contributed by atoms with Crippen LogP contribution in [0.1, 0.15) is 5.89 Å². The second kappa shape index (κ2) is 8.27. The van der Waals surface area contributed by atoms with Crippen LogP contribution in [0.3, 0.4) is 0 Å². The van der Waals surface area contributed by atoms with Crippen LogP contribution in [-0.2, 0) is 6.54 Å². The highest BCUT2D eigenvalue weighted by molar-refractivity contribution is 5.89. The highest BCUT2D eigenvalue weighted by Gasteiger charge is 2.22. The normalized spacial score (nSPS) is 14.8. The van der Waals surface area contributed by atoms with E-state index in [1.165, 1.54) is 18.5 Å². The molecular weight excluding hydrogens is 399 g/mol. The zero-order chi connectivity index (χ0) is 21.2. The summed E-state index contributed by atoms with van der Waals surface area (Å²) in [5, 5.41) is 4.83. The van der Waals surface area contributed by atoms with E-state index in [-0.39, 0.29) is 5.82 Å². The monoisotopic (exact) mass is 420 g/mol. The molecule has 0 saturated carbocycles. The number of anilines is 1. The van der Waals surface area contributed by atoms with Gasteiger partial charge in [-0.3, -0.25) is 4.90 Å². The Kier molecular flexibility index (Phi) is 5.17. The predicted octanol–water partition coefficient (Wildman–Crippen LogP) is 3.15. The second-order valence-electron chi connectivity index (χ2n) is 7.36. The fourth-order valence-corrected chi connectivity index (χ4v) is 3.75. The third kappa shape index (κ3) is 4.04. The first-order valence-electron chi connectivity index (χ1n) is 10.0. The molecule has 0 bridgehead atoms. The van der Waals surface area contributed by atoms with E-state index in [4.69, 9.17) is 9.26 Å². The molecule has 3 heterocycles. The van der Waals surface area contributed by atoms with E-state index < -0.39 is 0 Å². The number of aromatic nitrogens is 4. The number of ether oxygens (including phenoxy) is 1. The highest BCUT2D eigenvalue weighted by Crippen LogP contribution is 2.25. The van der Waals surface area contributed by atoms with Crippen molar-refractivity contribution in [1.29, 1.82) is 0 Å². The van der Waals surface area contributed by atoms with Crippen molar-refractivity contribution in [2.24, 2.45) is 0 Å². The maximum absolute atomic E-state index is 13.7. The number of benzene rings is 2. The minimum atomic E-state index is -0.286. The van der Waals surface area contributed by atoms with Gasteiger partial charge >= 0.3 is 0 Å². The maximum atomic E-state index is 13.7. The Bertz CT molecular complexity index is 1190. The van der Waals surface area contributed by atoms with Gasteiger partial charge in [0.1, 0.15) is 23.7 Å². The Morgan fingerprint density at radius 1 is 1.03 bits per heavy atom. The topological polar surface area (TPSA) is 80.4 Å². The zero-order valence-electron chi connectivity index (χ0n) is 17.0. The number of methoxy groups -OCH3 is 1. The van der Waals surface area contributed by atoms with E-state index in [1.807, 2.05) is 24.3 Å². The Morgan fingerprint density at radius 3 is 2.61 bits per heavy atom. The SMILES string of the molecule is COc1ccc(-c2noc(CN3CCN(c4ncnc5ccc(F)cc45)CC3)n2)cc1. The first kappa shape index (κ1) is 19.4. The summed E-state index contributed by atoms with van der Waals surface area (Å²) in [7, 11) is 1.63. The summed E-state index contributed by atoms with van der Waals surface area (Å²) in [6, 6.07) is 12.1. The molecule has 31 heavy (non-hydrogen) atoms. The van der Waals surface area contributed by atoms with Gasteiger partial charge in [-0.1, -0.05) is 5.16 Å². The van der Waals surface area contributed by atoms with Crippen LogP contribution in [0.4, 0.5) is 10.2 Å². The molecule has 8 nitrogen and oxygen atoms in total. The van der Waals surface area contributed by atoms with Crippen molar-refractivity contribution in [2.45, 2.75) is 6.54 Å². The minimum absolute atomic E-state index is 0.286. The molecule has 0 radical (unpaired) electrons. The number of hydrogen-bond donors (Lipinski definition) is 0. The van der Waals surface area contributed by atoms with Gasteiger partial charge in [0.2, 0.25) is 11.7 Å². The molecule has 0 aliphatic carbocycles. The Balaban J connectivity index is 1.24. The second-order valence-corrected chi connectivity index (χ2v) is 7.36. The van der Waals surface area contributed by atoms with Crippen LogP contribution in [0.25, 0.3) is 22.3 Å². The number of rotatable bonds is 5. The summed E-state index contributed by atoms with van der Waals surface area (Å²) in [5.74, 6) is 2.40. The van der Waals surface area contributed by atoms with Crippen molar-refractivity contribution in [3.63, 3.8) is 0 Å². The van der Waals surface area contributed by atoms with Gasteiger partial charge < -0.3 is 14.2 Å². The first-order valence-corrected chi connectivity index (χ1v) is 10.0. The predicted molar refractivity (Wildman–Crippen MR) is 113 cm³/mol. The molecule has 0 N–H and O–H groups in total. The molecule has 9 heteroatoms. The Labute approximate surface area is 178 Å². The molecule has 0 amide bonds. The fourth-order valence-electron chi connectivity index (χ4n) is 3.75. The third-order valence-corrected chi connectivity index (χ3v) is 5.42. The highest BCUT2D eigenvalue weighted by atomic mass is 19.1. The molecule has 1 aliphatic rings. The van der Waals surface area contributed by atoms with Crippen LogP contribution in [0, 0.1) is 5.82 Å². The summed E-state index contributed by atoms with van der Waals surface area (Å²) in [4.78, 5) is 17.6. The Hall–Kier alpha value is -3.59. The summed E-state index contributed by atoms with van der Waals surface area (Å²) >= 11 is 0. The zero-order valence-corrected chi connectivity index (χ0v) is 17.0. The number of hydrogen-bond acceptors (Lipinski definition) is 8. The van der Waals surface area contributed by atoms with E-state index in [2.05, 4.69) is 29.9 Å². The number of nitrogens with zero attached hydrogens (tertiary/aromatic N) is 6. The summed E-state index contributed by atoms with van der Waals surface area (Å²) in [6.07, 6.45) is 1.53. The van der Waals surface area contributed by atoms with Crippen molar-refractivity contribution >= 4 is 16.7 Å². The van der Waals surface area contributed by atoms with Crippen LogP contribution in [0.2, 0.25) is 0 Å². The molecule has 0 spiro atoms. The van der Waals surface area contributed by atoms with Crippen LogP contribution < -0.4 is 9.64 Å². The van der Waals surface area contributed by atoms with Gasteiger partial charge in [-0.05, 0) is 42.5 Å². The van der Waals surface area contributed by atoms with Gasteiger partial charge in [0.25, 0.3) is 0 Å². The molecule has 2 aromatic heterocycles. The van der Waals surface area contributed by atoms with Gasteiger partial charge in [-0.2, -0.15) is 4.98 Å². The molecule has 1 saturated heterocycles. The van der Waals surface area contributed by atoms with Crippen molar-refractivity contribution in [3.05, 3.63) is 60.5 Å². The molecule has 2 aromatic carbocycles. The molecule has 1 fully saturated rings. The molecule has 158 valence electrons. The van der Waals surface area contributed by atoms with Gasteiger partial charge in [0, 0.05) is 37.1 Å². The first-order chi connectivity index (χ1) is 15.2. The lowest BCUT2D eigenvalue weighted by atomic mass is 10.2. The summed E-state index contributed by atoms with van der Waals surface area (Å²) in [5.41, 5.74) is 1.62. The van der Waals surface area contributed by atoms with Gasteiger partial charge in [0.05, 0.1) is 19.2 Å². The summed E-state index contributed by atoms with van der Waals surface area (Å²) < 4.78 is 24.4. The van der Waals surface area contributed by atoms with Gasteiger partial charge in [-0.25, -0.2) is 14.4 Å². The van der Waals surface area contributed by atoms with Crippen molar-refractivity contribution in [3.8, 4) is 17.1 Å². The number of piperazine rings is 1. The van der Waals surface area contributed by atoms with Crippen LogP contribution in [0.5, 0.6) is 5.75 Å². The number of fused-ring (bicyclic) bond motifs is 1. The molecule has 0 unspecified atom stereocenters. The van der Waals surface area contributed by atoms with E-state index in [0.717, 1.165) is 54.2 Å². The summed E-state index contributed by atoms with van der Waals surface area (Å²) in [6.45, 7) is 3.72. The van der Waals surface area contributed by atoms with Crippen LogP contribution in [-0.4, -0.2) is 58.3 Å². The van der Waals surface area contributed by atoms with Crippen LogP contribution in [0.15, 0.2) is 53.3 Å². The lowest BCUT2D eigenvalue weighted by molar-refractivity contribution is 0.215. The van der Waals surface area contributed by atoms with Gasteiger partial charge in [-0.15, -0.1) is 0 Å². The molecule has 0 atom stereocenters. The standard InChI is InChI=1S/C22H21FN6O2/c1-30-17-5-2-15(3-6-17)21-26-20(31-27-21)13-28-8-10-29(11-9-28)22-18-12-16(23)4-7-19(18)24-14-25-22/h2-7,12,14H,8-11,13H2,1H3. The fraction of sp³-hybridized carbons (Fsp3) is 0.273. The largest absolute Gasteiger partial charge is 0.497 e. The molecule has 4 aromatic rings. The van der Waals surface area contributed by atoms with E-state index in [0.29, 0.717) is 18.3 Å². The van der Waals surface area contributed by atoms with Crippen molar-refractivity contribution < 1.29 is 13.7 Å². The Morgan fingerprint density at radius 2 is 1.84 bits per heavy atom. The third-order valence-electron chi connectivity index (χ3n) is 5.42. The average molecular weight is 420 g/mol. The molecule has 1 aliphatic heterocycles. The van der Waals surface area contributed by atoms with E-state index in [9.17, 15) is 4.39 Å². The lowest BCUT2D eigenvalue weighted by Crippen LogP contribution is -2.46. The van der Waals surface area contributed by atoms with Crippen LogP contribution >= 0.6 is 0 Å². The molecule has 5 rings (SSSR count). The van der Waals surface area contributed by atoms with E-state index in [1.54, 1.807) is 13.2 Å². The minimum Gasteiger partial charge on any atom is -0.497 e. The smallest absolute Gasteiger partial charge is 0.241 e. The van der Waals surface area contributed by atoms with Crippen molar-refractivity contribution in [1.82, 2.24) is 25.0 Å². The maximum Gasteiger partial charge on any atom is 0.241 e. The van der Waals surface area contributed by atoms with E-state index >= 15 is 0 Å².